The van der Waals surface area contributed by atoms with Gasteiger partial charge in [-0.3, -0.25) is 9.48 Å². The maximum Gasteiger partial charge on any atom is 0.222 e. The number of likely N-dealkylation sites (tertiary alicyclic amines) is 1. The summed E-state index contributed by atoms with van der Waals surface area (Å²) in [5.74, 6) is 1.82. The van der Waals surface area contributed by atoms with E-state index in [-0.39, 0.29) is 11.8 Å². The van der Waals surface area contributed by atoms with Gasteiger partial charge < -0.3 is 29.9 Å². The minimum absolute atomic E-state index is 0.133. The molecule has 0 spiro atoms. The quantitative estimate of drug-likeness (QED) is 0.445. The van der Waals surface area contributed by atoms with Crippen LogP contribution < -0.4 is 25.0 Å². The molecule has 0 saturated carbocycles. The Morgan fingerprint density at radius 1 is 1.08 bits per heavy atom. The van der Waals surface area contributed by atoms with Crippen LogP contribution in [0.4, 0.5) is 17.2 Å². The number of aromatic nitrogens is 3. The van der Waals surface area contributed by atoms with Gasteiger partial charge in [-0.05, 0) is 69.6 Å². The number of amides is 1. The van der Waals surface area contributed by atoms with E-state index in [1.807, 2.05) is 36.7 Å². The zero-order valence-corrected chi connectivity index (χ0v) is 23.1. The molecule has 2 aromatic heterocycles. The van der Waals surface area contributed by atoms with Crippen LogP contribution in [0.1, 0.15) is 37.3 Å². The molecule has 2 aliphatic heterocycles. The Morgan fingerprint density at radius 2 is 1.87 bits per heavy atom. The summed E-state index contributed by atoms with van der Waals surface area (Å²) < 4.78 is 13.1. The number of ether oxygens (including phenoxy) is 2. The highest BCUT2D eigenvalue weighted by molar-refractivity contribution is 5.77. The first-order chi connectivity index (χ1) is 18.9. The third-order valence-corrected chi connectivity index (χ3v) is 7.94. The molecule has 5 rings (SSSR count). The van der Waals surface area contributed by atoms with Crippen LogP contribution in [-0.2, 0) is 11.3 Å². The Hall–Kier alpha value is -3.79. The first kappa shape index (κ1) is 26.8. The lowest BCUT2D eigenvalue weighted by Crippen LogP contribution is -2.41. The van der Waals surface area contributed by atoms with E-state index in [9.17, 15) is 4.79 Å². The minimum Gasteiger partial charge on any atom is -0.493 e. The van der Waals surface area contributed by atoms with Crippen molar-refractivity contribution in [3.63, 3.8) is 0 Å². The van der Waals surface area contributed by atoms with Crippen LogP contribution in [0.3, 0.4) is 0 Å². The van der Waals surface area contributed by atoms with Gasteiger partial charge in [0.1, 0.15) is 5.82 Å². The van der Waals surface area contributed by atoms with Crippen LogP contribution in [0, 0.1) is 5.92 Å². The Kier molecular flexibility index (Phi) is 8.21. The second-order valence-corrected chi connectivity index (χ2v) is 10.5. The minimum atomic E-state index is -0.231. The van der Waals surface area contributed by atoms with Gasteiger partial charge in [-0.2, -0.15) is 5.10 Å². The van der Waals surface area contributed by atoms with Crippen molar-refractivity contribution < 1.29 is 14.3 Å². The molecule has 2 saturated heterocycles. The van der Waals surface area contributed by atoms with Crippen LogP contribution in [0.25, 0.3) is 0 Å². The highest BCUT2D eigenvalue weighted by atomic mass is 16.5. The molecule has 39 heavy (non-hydrogen) atoms. The number of hydrogen-bond donors (Lipinski definition) is 1. The fraction of sp³-hybridized carbons (Fsp3) is 0.483. The first-order valence-electron chi connectivity index (χ1n) is 13.7. The molecule has 4 heterocycles. The maximum atomic E-state index is 11.9. The summed E-state index contributed by atoms with van der Waals surface area (Å²) in [6.07, 6.45) is 9.83. The number of anilines is 3. The number of rotatable bonds is 9. The van der Waals surface area contributed by atoms with E-state index in [1.54, 1.807) is 14.2 Å². The van der Waals surface area contributed by atoms with Gasteiger partial charge in [0.15, 0.2) is 11.5 Å². The average molecular weight is 534 g/mol. The molecule has 2 aliphatic rings. The maximum absolute atomic E-state index is 11.9. The molecule has 10 nitrogen and oxygen atoms in total. The molecular weight excluding hydrogens is 494 g/mol. The lowest BCUT2D eigenvalue weighted by Gasteiger charge is -2.33. The third kappa shape index (κ3) is 6.11. The van der Waals surface area contributed by atoms with Gasteiger partial charge in [-0.25, -0.2) is 4.98 Å². The number of nitrogens with two attached hydrogens (primary N) is 1. The summed E-state index contributed by atoms with van der Waals surface area (Å²) in [7, 11) is 5.45. The Balaban J connectivity index is 1.47. The fourth-order valence-electron chi connectivity index (χ4n) is 5.59. The van der Waals surface area contributed by atoms with Gasteiger partial charge in [0.25, 0.3) is 0 Å². The van der Waals surface area contributed by atoms with Gasteiger partial charge >= 0.3 is 0 Å². The van der Waals surface area contributed by atoms with Crippen LogP contribution in [0.5, 0.6) is 11.5 Å². The number of carbonyl (C=O) groups excluding carboxylic acids is 1. The summed E-state index contributed by atoms with van der Waals surface area (Å²) in [6, 6.07) is 10.5. The normalized spacial score (nSPS) is 18.6. The Bertz CT molecular complexity index is 1270. The van der Waals surface area contributed by atoms with Crippen molar-refractivity contribution in [2.75, 3.05) is 57.2 Å². The molecule has 0 aliphatic carbocycles. The molecule has 0 radical (unpaired) electrons. The molecular formula is C29H39N7O3. The predicted octanol–water partition coefficient (Wildman–Crippen LogP) is 3.60. The summed E-state index contributed by atoms with van der Waals surface area (Å²) in [5, 5.41) is 4.78. The number of nitrogens with zero attached hydrogens (tertiary/aromatic N) is 6. The molecule has 0 bridgehead atoms. The van der Waals surface area contributed by atoms with Gasteiger partial charge in [-0.15, -0.1) is 0 Å². The van der Waals surface area contributed by atoms with Gasteiger partial charge in [0.05, 0.1) is 38.1 Å². The average Bonchev–Trinajstić information content (AvgIpc) is 3.46. The number of piperidine rings is 2. The van der Waals surface area contributed by atoms with Crippen molar-refractivity contribution in [3.8, 4) is 11.5 Å². The van der Waals surface area contributed by atoms with Crippen LogP contribution in [-0.4, -0.2) is 73.0 Å². The number of primary amides is 1. The Labute approximate surface area is 230 Å². The van der Waals surface area contributed by atoms with Crippen molar-refractivity contribution >= 4 is 23.1 Å². The van der Waals surface area contributed by atoms with Crippen LogP contribution in [0.2, 0.25) is 0 Å². The molecule has 1 atom stereocenters. The number of hydrogen-bond acceptors (Lipinski definition) is 8. The number of pyridine rings is 1. The second kappa shape index (κ2) is 11.9. The first-order valence-corrected chi connectivity index (χ1v) is 13.7. The van der Waals surface area contributed by atoms with Crippen molar-refractivity contribution in [2.45, 2.75) is 38.3 Å². The zero-order chi connectivity index (χ0) is 27.4. The summed E-state index contributed by atoms with van der Waals surface area (Å²) >= 11 is 0. The molecule has 1 amide bonds. The van der Waals surface area contributed by atoms with Crippen molar-refractivity contribution in [1.29, 1.82) is 0 Å². The zero-order valence-electron chi connectivity index (χ0n) is 23.1. The van der Waals surface area contributed by atoms with E-state index in [2.05, 4.69) is 38.7 Å². The largest absolute Gasteiger partial charge is 0.493 e. The number of methoxy groups -OCH3 is 2. The van der Waals surface area contributed by atoms with Crippen LogP contribution >= 0.6 is 0 Å². The standard InChI is InChI=1S/C29H39N7O3/c1-33-13-9-23(10-14-33)36-20-25(17-32-36)35(18-21-6-7-26(38-2)27(15-21)39-3)28-16-24(8-11-31-28)34-12-4-5-22(19-34)29(30)37/h6-8,11,15-17,20,22-23H,4-5,9-10,12-14,18-19H2,1-3H3,(H2,30,37)/t22-/m1/s1. The predicted molar refractivity (Wildman–Crippen MR) is 152 cm³/mol. The molecule has 208 valence electrons. The highest BCUT2D eigenvalue weighted by Gasteiger charge is 2.26. The van der Waals surface area contributed by atoms with E-state index in [4.69, 9.17) is 25.3 Å². The van der Waals surface area contributed by atoms with E-state index in [0.717, 1.165) is 68.1 Å². The summed E-state index contributed by atoms with van der Waals surface area (Å²) in [4.78, 5) is 23.4. The van der Waals surface area contributed by atoms with E-state index in [1.165, 1.54) is 0 Å². The van der Waals surface area contributed by atoms with E-state index < -0.39 is 0 Å². The third-order valence-electron chi connectivity index (χ3n) is 7.94. The van der Waals surface area contributed by atoms with Crippen LogP contribution in [0.15, 0.2) is 48.9 Å². The second-order valence-electron chi connectivity index (χ2n) is 10.5. The number of benzene rings is 1. The SMILES string of the molecule is COc1ccc(CN(c2cnn(C3CCN(C)CC3)c2)c2cc(N3CCC[C@@H](C(N)=O)C3)ccn2)cc1OC. The summed E-state index contributed by atoms with van der Waals surface area (Å²) in [5.41, 5.74) is 8.71. The molecule has 10 heteroatoms. The van der Waals surface area contributed by atoms with Crippen molar-refractivity contribution in [3.05, 3.63) is 54.5 Å². The van der Waals surface area contributed by atoms with Crippen molar-refractivity contribution in [1.82, 2.24) is 19.7 Å². The fourth-order valence-corrected chi connectivity index (χ4v) is 5.59. The monoisotopic (exact) mass is 533 g/mol. The van der Waals surface area contributed by atoms with Gasteiger partial charge in [0, 0.05) is 43.8 Å². The smallest absolute Gasteiger partial charge is 0.222 e. The van der Waals surface area contributed by atoms with Crippen molar-refractivity contribution in [2.24, 2.45) is 11.7 Å². The molecule has 1 aromatic carbocycles. The molecule has 0 unspecified atom stereocenters. The highest BCUT2D eigenvalue weighted by Crippen LogP contribution is 2.34. The van der Waals surface area contributed by atoms with Gasteiger partial charge in [0.2, 0.25) is 5.91 Å². The lowest BCUT2D eigenvalue weighted by atomic mass is 9.97. The molecule has 3 aromatic rings. The van der Waals surface area contributed by atoms with E-state index in [0.29, 0.717) is 30.6 Å². The van der Waals surface area contributed by atoms with E-state index >= 15 is 0 Å². The van der Waals surface area contributed by atoms with Gasteiger partial charge in [-0.1, -0.05) is 6.07 Å². The molecule has 2 fully saturated rings. The lowest BCUT2D eigenvalue weighted by molar-refractivity contribution is -0.122. The Morgan fingerprint density at radius 3 is 2.62 bits per heavy atom. The topological polar surface area (TPSA) is 102 Å². The molecule has 2 N–H and O–H groups in total. The number of carbonyl (C=O) groups is 1. The summed E-state index contributed by atoms with van der Waals surface area (Å²) in [6.45, 7) is 4.22.